The molecule has 27 heavy (non-hydrogen) atoms. The minimum atomic E-state index is -1.19. The molecule has 1 atom stereocenters. The molecule has 1 aliphatic heterocycles. The molecule has 0 saturated carbocycles. The summed E-state index contributed by atoms with van der Waals surface area (Å²) in [5, 5.41) is 16.2. The van der Waals surface area contributed by atoms with Crippen LogP contribution in [0.2, 0.25) is 0 Å². The van der Waals surface area contributed by atoms with Crippen molar-refractivity contribution in [2.75, 3.05) is 6.54 Å². The summed E-state index contributed by atoms with van der Waals surface area (Å²) in [6, 6.07) is 6.07. The average Bonchev–Trinajstić information content (AvgIpc) is 2.90. The van der Waals surface area contributed by atoms with Crippen molar-refractivity contribution in [2.45, 2.75) is 51.0 Å². The molecule has 0 aliphatic carbocycles. The fourth-order valence-electron chi connectivity index (χ4n) is 2.95. The van der Waals surface area contributed by atoms with Crippen molar-refractivity contribution in [2.24, 2.45) is 0 Å². The van der Waals surface area contributed by atoms with E-state index in [2.05, 4.69) is 16.0 Å². The van der Waals surface area contributed by atoms with E-state index >= 15 is 0 Å². The number of unbranched alkanes of at least 4 members (excludes halogenated alkanes) is 4. The molecule has 1 aliphatic rings. The lowest BCUT2D eigenvalue weighted by Crippen LogP contribution is -2.40. The zero-order valence-electron chi connectivity index (χ0n) is 15.3. The maximum Gasteiger partial charge on any atom is 0.322 e. The normalized spacial score (nSPS) is 18.7. The lowest BCUT2D eigenvalue weighted by atomic mass is 9.91. The van der Waals surface area contributed by atoms with Crippen LogP contribution in [0.25, 0.3) is 0 Å². The van der Waals surface area contributed by atoms with Crippen molar-refractivity contribution in [3.05, 3.63) is 35.4 Å². The first kappa shape index (κ1) is 20.4. The number of carbonyl (C=O) groups is 4. The van der Waals surface area contributed by atoms with Gasteiger partial charge in [0, 0.05) is 18.5 Å². The number of imide groups is 1. The van der Waals surface area contributed by atoms with E-state index in [1.54, 1.807) is 31.2 Å². The van der Waals surface area contributed by atoms with Crippen LogP contribution in [0.5, 0.6) is 0 Å². The van der Waals surface area contributed by atoms with Gasteiger partial charge in [0.2, 0.25) is 0 Å². The average molecular weight is 375 g/mol. The monoisotopic (exact) mass is 375 g/mol. The summed E-state index contributed by atoms with van der Waals surface area (Å²) in [4.78, 5) is 46.2. The van der Waals surface area contributed by atoms with Gasteiger partial charge in [-0.05, 0) is 37.5 Å². The van der Waals surface area contributed by atoms with Crippen LogP contribution in [0, 0.1) is 0 Å². The van der Waals surface area contributed by atoms with E-state index in [9.17, 15) is 19.2 Å². The number of hydrogen-bond donors (Lipinski definition) is 4. The van der Waals surface area contributed by atoms with Crippen molar-refractivity contribution >= 4 is 23.8 Å². The van der Waals surface area contributed by atoms with Crippen LogP contribution in [0.4, 0.5) is 4.79 Å². The van der Waals surface area contributed by atoms with Crippen molar-refractivity contribution < 1.29 is 24.3 Å². The molecule has 1 aromatic rings. The Kier molecular flexibility index (Phi) is 6.92. The van der Waals surface area contributed by atoms with Crippen LogP contribution in [0.15, 0.2) is 24.3 Å². The van der Waals surface area contributed by atoms with Crippen LogP contribution < -0.4 is 16.0 Å². The van der Waals surface area contributed by atoms with Crippen LogP contribution in [-0.4, -0.2) is 35.5 Å². The Morgan fingerprint density at radius 3 is 2.48 bits per heavy atom. The van der Waals surface area contributed by atoms with Gasteiger partial charge in [0.1, 0.15) is 5.54 Å². The molecule has 1 heterocycles. The predicted molar refractivity (Wildman–Crippen MR) is 98.1 cm³/mol. The van der Waals surface area contributed by atoms with E-state index < -0.39 is 23.4 Å². The molecule has 0 aromatic heterocycles. The minimum Gasteiger partial charge on any atom is -0.481 e. The van der Waals surface area contributed by atoms with Gasteiger partial charge in [-0.1, -0.05) is 31.4 Å². The molecular formula is C19H25N3O5. The molecule has 1 fully saturated rings. The van der Waals surface area contributed by atoms with E-state index in [0.29, 0.717) is 24.1 Å². The van der Waals surface area contributed by atoms with Crippen molar-refractivity contribution in [3.63, 3.8) is 0 Å². The van der Waals surface area contributed by atoms with Crippen LogP contribution >= 0.6 is 0 Å². The maximum atomic E-state index is 12.3. The zero-order valence-corrected chi connectivity index (χ0v) is 15.3. The summed E-state index contributed by atoms with van der Waals surface area (Å²) in [6.45, 7) is 2.12. The largest absolute Gasteiger partial charge is 0.481 e. The number of amides is 4. The first-order valence-electron chi connectivity index (χ1n) is 9.07. The van der Waals surface area contributed by atoms with Crippen molar-refractivity contribution in [3.8, 4) is 0 Å². The number of carboxylic acid groups (broad SMARTS) is 1. The third kappa shape index (κ3) is 5.54. The molecule has 4 N–H and O–H groups in total. The quantitative estimate of drug-likeness (QED) is 0.367. The summed E-state index contributed by atoms with van der Waals surface area (Å²) in [5.41, 5.74) is -0.232. The Morgan fingerprint density at radius 1 is 1.11 bits per heavy atom. The molecular weight excluding hydrogens is 350 g/mol. The van der Waals surface area contributed by atoms with Gasteiger partial charge in [-0.15, -0.1) is 0 Å². The van der Waals surface area contributed by atoms with Crippen molar-refractivity contribution in [1.82, 2.24) is 16.0 Å². The number of hydrogen-bond acceptors (Lipinski definition) is 4. The molecule has 1 saturated heterocycles. The number of rotatable bonds is 10. The molecule has 0 bridgehead atoms. The third-order valence-electron chi connectivity index (χ3n) is 4.60. The topological polar surface area (TPSA) is 125 Å². The number of carboxylic acids is 1. The summed E-state index contributed by atoms with van der Waals surface area (Å²) in [6.07, 6.45) is 4.42. The van der Waals surface area contributed by atoms with E-state index in [-0.39, 0.29) is 12.3 Å². The van der Waals surface area contributed by atoms with Crippen molar-refractivity contribution in [1.29, 1.82) is 0 Å². The van der Waals surface area contributed by atoms with Gasteiger partial charge in [-0.2, -0.15) is 0 Å². The Hall–Kier alpha value is -2.90. The fraction of sp³-hybridized carbons (Fsp3) is 0.474. The van der Waals surface area contributed by atoms with Gasteiger partial charge in [-0.3, -0.25) is 19.7 Å². The molecule has 4 amide bonds. The number of aliphatic carboxylic acids is 1. The molecule has 1 unspecified atom stereocenters. The standard InChI is InChI=1S/C19H25N3O5/c1-19(17(26)21-18(27)22-19)14-9-7-8-13(12-14)16(25)20-11-6-4-2-3-5-10-15(23)24/h7-9,12H,2-6,10-11H2,1H3,(H,20,25)(H,23,24)(H2,21,22,26,27). The Morgan fingerprint density at radius 2 is 1.81 bits per heavy atom. The molecule has 2 rings (SSSR count). The Bertz CT molecular complexity index is 734. The van der Waals surface area contributed by atoms with Gasteiger partial charge in [-0.25, -0.2) is 4.79 Å². The maximum absolute atomic E-state index is 12.3. The first-order chi connectivity index (χ1) is 12.8. The van der Waals surface area contributed by atoms with E-state index in [1.807, 2.05) is 0 Å². The summed E-state index contributed by atoms with van der Waals surface area (Å²) in [7, 11) is 0. The Balaban J connectivity index is 1.79. The number of benzene rings is 1. The lowest BCUT2D eigenvalue weighted by Gasteiger charge is -2.21. The van der Waals surface area contributed by atoms with Gasteiger partial charge in [0.05, 0.1) is 0 Å². The second-order valence-corrected chi connectivity index (χ2v) is 6.78. The third-order valence-corrected chi connectivity index (χ3v) is 4.60. The molecule has 8 heteroatoms. The van der Waals surface area contributed by atoms with Crippen LogP contribution in [0.1, 0.15) is 61.4 Å². The number of nitrogens with one attached hydrogen (secondary N) is 3. The second kappa shape index (κ2) is 9.16. The predicted octanol–water partition coefficient (Wildman–Crippen LogP) is 1.90. The summed E-state index contributed by atoms with van der Waals surface area (Å²) >= 11 is 0. The fourth-order valence-corrected chi connectivity index (χ4v) is 2.95. The number of carbonyl (C=O) groups excluding carboxylic acids is 3. The highest BCUT2D eigenvalue weighted by Gasteiger charge is 2.43. The minimum absolute atomic E-state index is 0.199. The number of urea groups is 1. The molecule has 0 spiro atoms. The smallest absolute Gasteiger partial charge is 0.322 e. The van der Waals surface area contributed by atoms with Gasteiger partial charge in [0.25, 0.3) is 11.8 Å². The van der Waals surface area contributed by atoms with Gasteiger partial charge >= 0.3 is 12.0 Å². The SMILES string of the molecule is CC1(c2cccc(C(=O)NCCCCCCCC(=O)O)c2)NC(=O)NC1=O. The van der Waals surface area contributed by atoms with Crippen LogP contribution in [0.3, 0.4) is 0 Å². The Labute approximate surface area is 157 Å². The second-order valence-electron chi connectivity index (χ2n) is 6.78. The van der Waals surface area contributed by atoms with E-state index in [0.717, 1.165) is 25.7 Å². The summed E-state index contributed by atoms with van der Waals surface area (Å²) < 4.78 is 0. The molecule has 1 aromatic carbocycles. The molecule has 8 nitrogen and oxygen atoms in total. The van der Waals surface area contributed by atoms with Gasteiger partial charge < -0.3 is 15.7 Å². The zero-order chi connectivity index (χ0) is 19.9. The molecule has 0 radical (unpaired) electrons. The van der Waals surface area contributed by atoms with E-state index in [4.69, 9.17) is 5.11 Å². The highest BCUT2D eigenvalue weighted by atomic mass is 16.4. The lowest BCUT2D eigenvalue weighted by molar-refractivity contribution is -0.137. The van der Waals surface area contributed by atoms with Gasteiger partial charge in [0.15, 0.2) is 0 Å². The highest BCUT2D eigenvalue weighted by molar-refractivity contribution is 6.07. The molecule has 146 valence electrons. The van der Waals surface area contributed by atoms with Crippen LogP contribution in [-0.2, 0) is 15.1 Å². The van der Waals surface area contributed by atoms with E-state index in [1.165, 1.54) is 0 Å². The highest BCUT2D eigenvalue weighted by Crippen LogP contribution is 2.25. The first-order valence-corrected chi connectivity index (χ1v) is 9.07. The summed E-state index contributed by atoms with van der Waals surface area (Å²) in [5.74, 6) is -1.46.